The fourth-order valence-electron chi connectivity index (χ4n) is 10.8. The number of carbonyl (C=O) groups excluding carboxylic acids is 4. The van der Waals surface area contributed by atoms with Crippen LogP contribution in [0.25, 0.3) is 22.9 Å². The van der Waals surface area contributed by atoms with Crippen molar-refractivity contribution in [1.29, 1.82) is 0 Å². The molecule has 314 valence electrons. The maximum Gasteiger partial charge on any atom is 0.260 e. The van der Waals surface area contributed by atoms with E-state index in [-0.39, 0.29) is 30.4 Å². The molecule has 0 aromatic heterocycles. The Kier molecular flexibility index (Phi) is 9.74. The number of amides is 4. The van der Waals surface area contributed by atoms with Crippen LogP contribution in [0.15, 0.2) is 145 Å². The van der Waals surface area contributed by atoms with Crippen LogP contribution < -0.4 is 19.8 Å². The number of rotatable bonds is 9. The summed E-state index contributed by atoms with van der Waals surface area (Å²) >= 11 is 0. The molecule has 6 atom stereocenters. The van der Waals surface area contributed by atoms with E-state index < -0.39 is 46.8 Å². The molecule has 1 saturated carbocycles. The zero-order valence-electron chi connectivity index (χ0n) is 35.0. The summed E-state index contributed by atoms with van der Waals surface area (Å²) in [6.07, 6.45) is 6.25. The highest BCUT2D eigenvalue weighted by molar-refractivity contribution is 6.22. The number of phenols is 1. The number of nitrogens with zero attached hydrogens (tertiary/aromatic N) is 2. The van der Waals surface area contributed by atoms with Gasteiger partial charge in [-0.25, -0.2) is 0 Å². The highest BCUT2D eigenvalue weighted by Gasteiger charge is 2.71. The minimum atomic E-state index is -1.52. The number of ether oxygens (including phenoxy) is 2. The Labute approximate surface area is 365 Å². The lowest BCUT2D eigenvalue weighted by molar-refractivity contribution is -0.138. The maximum atomic E-state index is 15.6. The minimum absolute atomic E-state index is 0.0175. The van der Waals surface area contributed by atoms with Gasteiger partial charge < -0.3 is 14.6 Å². The van der Waals surface area contributed by atoms with Crippen molar-refractivity contribution in [3.63, 3.8) is 0 Å². The van der Waals surface area contributed by atoms with Crippen molar-refractivity contribution in [3.8, 4) is 17.2 Å². The summed E-state index contributed by atoms with van der Waals surface area (Å²) < 4.78 is 10.9. The first-order valence-corrected chi connectivity index (χ1v) is 21.2. The molecule has 63 heavy (non-hydrogen) atoms. The van der Waals surface area contributed by atoms with Crippen LogP contribution in [-0.2, 0) is 24.6 Å². The van der Waals surface area contributed by atoms with Crippen molar-refractivity contribution in [2.75, 3.05) is 24.5 Å². The lowest BCUT2D eigenvalue weighted by Crippen LogP contribution is -2.53. The molecule has 0 spiro atoms. The first-order valence-electron chi connectivity index (χ1n) is 21.2. The number of benzene rings is 6. The molecule has 0 unspecified atom stereocenters. The largest absolute Gasteiger partial charge is 0.508 e. The summed E-state index contributed by atoms with van der Waals surface area (Å²) in [6.45, 7) is 1.96. The molecule has 4 aliphatic rings. The number of imide groups is 2. The van der Waals surface area contributed by atoms with E-state index in [9.17, 15) is 14.7 Å². The number of aromatic hydroxyl groups is 1. The third-order valence-electron chi connectivity index (χ3n) is 13.7. The standard InChI is InChI=1S/C53H45N3O7/c1-31-13-20-36(21-14-31)54-56-50(59)43-30-42-40(48(53(43,52(56)61)35-10-5-4-6-11-35)47-39-12-8-7-9-33(39)19-27-44(47)57)25-26-41-46(42)51(60)55(49(41)58)37-22-16-32(17-23-37)15-18-34-29-38(62-2)24-28-45(34)63-3/h4-25,27-29,41-43,46,48,54,57H,26,30H2,1-3H3/t41-,42+,43-,46-,48+,53+/m0/s1. The quantitative estimate of drug-likeness (QED) is 0.0840. The van der Waals surface area contributed by atoms with Gasteiger partial charge in [-0.2, -0.15) is 5.01 Å². The molecule has 2 heterocycles. The van der Waals surface area contributed by atoms with E-state index in [0.29, 0.717) is 34.0 Å². The number of nitrogens with one attached hydrogen (secondary N) is 1. The van der Waals surface area contributed by atoms with Gasteiger partial charge in [-0.15, -0.1) is 0 Å². The van der Waals surface area contributed by atoms with Crippen LogP contribution in [0.2, 0.25) is 0 Å². The van der Waals surface area contributed by atoms with E-state index in [4.69, 9.17) is 9.47 Å². The van der Waals surface area contributed by atoms with Crippen molar-refractivity contribution in [3.05, 3.63) is 173 Å². The maximum absolute atomic E-state index is 15.6. The van der Waals surface area contributed by atoms with Crippen LogP contribution in [0, 0.1) is 30.6 Å². The second kappa shape index (κ2) is 15.5. The van der Waals surface area contributed by atoms with Gasteiger partial charge in [0.1, 0.15) is 17.2 Å². The molecule has 3 fully saturated rings. The summed E-state index contributed by atoms with van der Waals surface area (Å²) in [5, 5.41) is 14.8. The number of hydrazine groups is 1. The molecule has 2 saturated heterocycles. The molecule has 2 N–H and O–H groups in total. The normalized spacial score (nSPS) is 24.0. The monoisotopic (exact) mass is 835 g/mol. The Balaban J connectivity index is 1.07. The molecule has 0 radical (unpaired) electrons. The summed E-state index contributed by atoms with van der Waals surface area (Å²) in [5.41, 5.74) is 7.28. The average Bonchev–Trinajstić information content (AvgIpc) is 3.69. The van der Waals surface area contributed by atoms with Crippen LogP contribution in [0.5, 0.6) is 17.2 Å². The lowest BCUT2D eigenvalue weighted by Gasteiger charge is -2.51. The molecular weight excluding hydrogens is 791 g/mol. The number of anilines is 2. The lowest BCUT2D eigenvalue weighted by atomic mass is 9.48. The Morgan fingerprint density at radius 3 is 2.24 bits per heavy atom. The number of methoxy groups -OCH3 is 2. The van der Waals surface area contributed by atoms with Gasteiger partial charge in [0.15, 0.2) is 0 Å². The van der Waals surface area contributed by atoms with Crippen LogP contribution in [0.4, 0.5) is 11.4 Å². The van der Waals surface area contributed by atoms with Gasteiger partial charge in [0.05, 0.1) is 48.8 Å². The minimum Gasteiger partial charge on any atom is -0.508 e. The van der Waals surface area contributed by atoms with Gasteiger partial charge in [-0.1, -0.05) is 114 Å². The van der Waals surface area contributed by atoms with Gasteiger partial charge in [-0.05, 0) is 96.1 Å². The van der Waals surface area contributed by atoms with Gasteiger partial charge in [0, 0.05) is 17.0 Å². The van der Waals surface area contributed by atoms with Gasteiger partial charge in [0.2, 0.25) is 11.8 Å². The van der Waals surface area contributed by atoms with E-state index in [2.05, 4.69) is 5.43 Å². The van der Waals surface area contributed by atoms with Crippen molar-refractivity contribution < 1.29 is 33.8 Å². The second-order valence-electron chi connectivity index (χ2n) is 16.9. The summed E-state index contributed by atoms with van der Waals surface area (Å²) in [7, 11) is 3.22. The number of aryl methyl sites for hydroxylation is 1. The predicted molar refractivity (Wildman–Crippen MR) is 242 cm³/mol. The smallest absolute Gasteiger partial charge is 0.260 e. The summed E-state index contributed by atoms with van der Waals surface area (Å²) in [6, 6.07) is 40.8. The summed E-state index contributed by atoms with van der Waals surface area (Å²) in [5.74, 6) is -4.05. The molecule has 0 bridgehead atoms. The van der Waals surface area contributed by atoms with Crippen LogP contribution >= 0.6 is 0 Å². The van der Waals surface area contributed by atoms with Crippen molar-refractivity contribution in [2.24, 2.45) is 23.7 Å². The first kappa shape index (κ1) is 39.7. The summed E-state index contributed by atoms with van der Waals surface area (Å²) in [4.78, 5) is 61.6. The van der Waals surface area contributed by atoms with Gasteiger partial charge >= 0.3 is 0 Å². The second-order valence-corrected chi connectivity index (χ2v) is 16.9. The molecular formula is C53H45N3O7. The average molecular weight is 836 g/mol. The molecule has 6 aromatic rings. The Bertz CT molecular complexity index is 2890. The first-order chi connectivity index (χ1) is 30.6. The van der Waals surface area contributed by atoms with Gasteiger partial charge in [-0.3, -0.25) is 29.5 Å². The Morgan fingerprint density at radius 2 is 1.49 bits per heavy atom. The third kappa shape index (κ3) is 6.22. The van der Waals surface area contributed by atoms with Gasteiger partial charge in [0.25, 0.3) is 11.8 Å². The molecule has 4 amide bonds. The zero-order chi connectivity index (χ0) is 43.6. The third-order valence-corrected chi connectivity index (χ3v) is 13.7. The highest BCUT2D eigenvalue weighted by atomic mass is 16.5. The number of phenolic OH excluding ortho intramolecular Hbond substituents is 1. The van der Waals surface area contributed by atoms with Crippen LogP contribution in [0.1, 0.15) is 46.6 Å². The van der Waals surface area contributed by atoms with Crippen molar-refractivity contribution in [2.45, 2.75) is 31.1 Å². The number of carbonyl (C=O) groups is 4. The molecule has 2 aliphatic carbocycles. The van der Waals surface area contributed by atoms with E-state index in [1.807, 2.05) is 140 Å². The van der Waals surface area contributed by atoms with E-state index in [1.165, 1.54) is 4.90 Å². The van der Waals surface area contributed by atoms with Crippen LogP contribution in [0.3, 0.4) is 0 Å². The predicted octanol–water partition coefficient (Wildman–Crippen LogP) is 9.23. The van der Waals surface area contributed by atoms with E-state index in [0.717, 1.165) is 38.0 Å². The van der Waals surface area contributed by atoms with E-state index in [1.54, 1.807) is 32.4 Å². The molecule has 10 nitrogen and oxygen atoms in total. The van der Waals surface area contributed by atoms with E-state index >= 15 is 9.59 Å². The SMILES string of the molecule is COc1ccc(OC)c(C=Cc2ccc(N3C(=O)[C@H]4[C@H](CC=C5[C@H]4C[C@H]4C(=O)N(Nc6ccc(C)cc6)C(=O)[C@@]4(c4ccccc4)[C@H]5c4c(O)ccc5ccccc45)C3=O)cc2)c1. The fourth-order valence-corrected chi connectivity index (χ4v) is 10.8. The zero-order valence-corrected chi connectivity index (χ0v) is 35.0. The number of allylic oxidation sites excluding steroid dienone is 2. The Hall–Kier alpha value is -7.46. The fraction of sp³-hybridized carbons (Fsp3) is 0.208. The number of fused-ring (bicyclic) bond motifs is 5. The van der Waals surface area contributed by atoms with Crippen LogP contribution in [-0.4, -0.2) is 48.0 Å². The Morgan fingerprint density at radius 1 is 0.746 bits per heavy atom. The number of hydrogen-bond acceptors (Lipinski definition) is 8. The topological polar surface area (TPSA) is 125 Å². The van der Waals surface area contributed by atoms with Crippen molar-refractivity contribution in [1.82, 2.24) is 5.01 Å². The number of hydrogen-bond donors (Lipinski definition) is 2. The molecule has 6 aromatic carbocycles. The molecule has 10 rings (SSSR count). The molecule has 10 heteroatoms. The van der Waals surface area contributed by atoms with Crippen molar-refractivity contribution >= 4 is 57.9 Å². The molecule has 2 aliphatic heterocycles. The highest BCUT2D eigenvalue weighted by Crippen LogP contribution is 2.65.